The lowest BCUT2D eigenvalue weighted by Crippen LogP contribution is -2.13. The molecule has 0 aliphatic rings. The van der Waals surface area contributed by atoms with Gasteiger partial charge >= 0.3 is 0 Å². The van der Waals surface area contributed by atoms with E-state index in [-0.39, 0.29) is 24.7 Å². The number of hydrogen-bond acceptors (Lipinski definition) is 7. The molecule has 0 bridgehead atoms. The van der Waals surface area contributed by atoms with Crippen LogP contribution >= 0.6 is 15.9 Å². The van der Waals surface area contributed by atoms with E-state index < -0.39 is 0 Å². The molecule has 3 aromatic rings. The van der Waals surface area contributed by atoms with Gasteiger partial charge in [0.05, 0.1) is 29.8 Å². The highest BCUT2D eigenvalue weighted by Crippen LogP contribution is 2.31. The zero-order valence-corrected chi connectivity index (χ0v) is 17.8. The third-order valence-electron chi connectivity index (χ3n) is 4.52. The van der Waals surface area contributed by atoms with Crippen molar-refractivity contribution in [1.29, 1.82) is 5.26 Å². The van der Waals surface area contributed by atoms with Crippen LogP contribution in [-0.2, 0) is 22.4 Å². The van der Waals surface area contributed by atoms with Crippen LogP contribution in [0.3, 0.4) is 0 Å². The minimum atomic E-state index is -0.179. The number of halogens is 1. The summed E-state index contributed by atoms with van der Waals surface area (Å²) in [6.45, 7) is 3.82. The second-order valence-electron chi connectivity index (χ2n) is 6.51. The molecule has 3 rings (SSSR count). The van der Waals surface area contributed by atoms with Gasteiger partial charge in [-0.05, 0) is 47.0 Å². The Hall–Kier alpha value is -2.96. The van der Waals surface area contributed by atoms with Crippen LogP contribution in [0.5, 0.6) is 0 Å². The van der Waals surface area contributed by atoms with Gasteiger partial charge in [0.25, 0.3) is 0 Å². The molecule has 8 nitrogen and oxygen atoms in total. The Balaban J connectivity index is 1.82. The number of nitrogens with zero attached hydrogens (tertiary/aromatic N) is 6. The second kappa shape index (κ2) is 9.03. The number of aromatic nitrogens is 5. The van der Waals surface area contributed by atoms with Crippen molar-refractivity contribution in [2.75, 3.05) is 7.11 Å². The third kappa shape index (κ3) is 4.55. The van der Waals surface area contributed by atoms with Gasteiger partial charge in [0.15, 0.2) is 5.82 Å². The predicted molar refractivity (Wildman–Crippen MR) is 108 cm³/mol. The highest BCUT2D eigenvalue weighted by molar-refractivity contribution is 9.10. The van der Waals surface area contributed by atoms with Crippen molar-refractivity contribution in [2.45, 2.75) is 32.8 Å². The van der Waals surface area contributed by atoms with Crippen molar-refractivity contribution in [3.05, 3.63) is 63.3 Å². The van der Waals surface area contributed by atoms with Gasteiger partial charge in [-0.15, -0.1) is 4.80 Å². The van der Waals surface area contributed by atoms with Crippen molar-refractivity contribution < 1.29 is 9.53 Å². The first-order valence-corrected chi connectivity index (χ1v) is 9.68. The third-order valence-corrected chi connectivity index (χ3v) is 5.52. The van der Waals surface area contributed by atoms with E-state index in [1.807, 2.05) is 13.8 Å². The molecule has 148 valence electrons. The summed E-state index contributed by atoms with van der Waals surface area (Å²) >= 11 is 3.56. The fourth-order valence-electron chi connectivity index (χ4n) is 3.00. The lowest BCUT2D eigenvalue weighted by molar-refractivity contribution is -0.117. The molecule has 0 spiro atoms. The first-order valence-electron chi connectivity index (χ1n) is 8.88. The van der Waals surface area contributed by atoms with Gasteiger partial charge in [-0.1, -0.05) is 0 Å². The van der Waals surface area contributed by atoms with Gasteiger partial charge in [0, 0.05) is 42.4 Å². The van der Waals surface area contributed by atoms with E-state index in [0.717, 1.165) is 21.3 Å². The summed E-state index contributed by atoms with van der Waals surface area (Å²) in [5.74, 6) is 0.319. The van der Waals surface area contributed by atoms with Crippen LogP contribution in [-0.4, -0.2) is 37.9 Å². The number of carbonyl (C=O) groups is 1. The molecule has 1 atom stereocenters. The number of aryl methyl sites for hydroxylation is 1. The molecule has 3 heterocycles. The van der Waals surface area contributed by atoms with E-state index in [9.17, 15) is 10.1 Å². The Morgan fingerprint density at radius 1 is 1.28 bits per heavy atom. The molecule has 3 aromatic heterocycles. The lowest BCUT2D eigenvalue weighted by atomic mass is 9.97. The highest BCUT2D eigenvalue weighted by atomic mass is 79.9. The van der Waals surface area contributed by atoms with E-state index in [1.54, 1.807) is 25.6 Å². The fourth-order valence-corrected chi connectivity index (χ4v) is 3.68. The maximum Gasteiger partial charge on any atom is 0.192 e. The molecule has 29 heavy (non-hydrogen) atoms. The van der Waals surface area contributed by atoms with Crippen LogP contribution in [0.25, 0.3) is 5.82 Å². The molecule has 0 saturated carbocycles. The second-order valence-corrected chi connectivity index (χ2v) is 7.30. The quantitative estimate of drug-likeness (QED) is 0.539. The summed E-state index contributed by atoms with van der Waals surface area (Å²) in [6.07, 6.45) is 6.48. The molecule has 0 saturated heterocycles. The standard InChI is InChI=1S/C20H19BrN6O2/c1-12-19(21)18(13(2)29-3)16(11-23-12)8-17(28)7-14-6-15(9-22)20(24-10-14)27-25-4-5-26-27/h4-6,10-11,13H,7-8H2,1-3H3. The number of ketones is 1. The summed E-state index contributed by atoms with van der Waals surface area (Å²) in [5.41, 5.74) is 3.53. The fraction of sp³-hybridized carbons (Fsp3) is 0.300. The van der Waals surface area contributed by atoms with Gasteiger partial charge in [0.1, 0.15) is 11.9 Å². The Morgan fingerprint density at radius 3 is 2.66 bits per heavy atom. The molecular weight excluding hydrogens is 436 g/mol. The SMILES string of the molecule is COC(C)c1c(CC(=O)Cc2cnc(-n3nccn3)c(C#N)c2)cnc(C)c1Br. The van der Waals surface area contributed by atoms with Crippen molar-refractivity contribution in [3.8, 4) is 11.9 Å². The van der Waals surface area contributed by atoms with Crippen molar-refractivity contribution >= 4 is 21.7 Å². The Labute approximate surface area is 176 Å². The number of rotatable bonds is 7. The molecule has 1 unspecified atom stereocenters. The van der Waals surface area contributed by atoms with Gasteiger partial charge in [-0.2, -0.15) is 15.5 Å². The molecule has 0 aliphatic carbocycles. The summed E-state index contributed by atoms with van der Waals surface area (Å²) in [6, 6.07) is 3.73. The van der Waals surface area contributed by atoms with Gasteiger partial charge in [-0.25, -0.2) is 4.98 Å². The molecule has 0 aliphatic heterocycles. The Bertz CT molecular complexity index is 1080. The molecule has 0 amide bonds. The number of nitriles is 1. The van der Waals surface area contributed by atoms with Crippen molar-refractivity contribution in [3.63, 3.8) is 0 Å². The summed E-state index contributed by atoms with van der Waals surface area (Å²) < 4.78 is 6.31. The summed E-state index contributed by atoms with van der Waals surface area (Å²) in [5, 5.41) is 17.4. The van der Waals surface area contributed by atoms with Crippen LogP contribution in [0.4, 0.5) is 0 Å². The molecule has 0 N–H and O–H groups in total. The van der Waals surface area contributed by atoms with Crippen LogP contribution in [0.15, 0.2) is 35.3 Å². The number of pyridine rings is 2. The molecule has 9 heteroatoms. The summed E-state index contributed by atoms with van der Waals surface area (Å²) in [7, 11) is 1.63. The lowest BCUT2D eigenvalue weighted by Gasteiger charge is -2.18. The van der Waals surface area contributed by atoms with Gasteiger partial charge < -0.3 is 4.74 Å². The van der Waals surface area contributed by atoms with Gasteiger partial charge in [0.2, 0.25) is 0 Å². The van der Waals surface area contributed by atoms with E-state index in [4.69, 9.17) is 4.74 Å². The predicted octanol–water partition coefficient (Wildman–Crippen LogP) is 3.06. The number of methoxy groups -OCH3 is 1. The smallest absolute Gasteiger partial charge is 0.192 e. The molecular formula is C20H19BrN6O2. The number of hydrogen-bond donors (Lipinski definition) is 0. The van der Waals surface area contributed by atoms with Crippen molar-refractivity contribution in [2.24, 2.45) is 0 Å². The van der Waals surface area contributed by atoms with Crippen LogP contribution in [0.1, 0.15) is 41.0 Å². The van der Waals surface area contributed by atoms with E-state index in [2.05, 4.69) is 42.2 Å². The first-order chi connectivity index (χ1) is 13.9. The van der Waals surface area contributed by atoms with Gasteiger partial charge in [-0.3, -0.25) is 9.78 Å². The zero-order valence-electron chi connectivity index (χ0n) is 16.3. The average molecular weight is 455 g/mol. The van der Waals surface area contributed by atoms with Crippen LogP contribution in [0, 0.1) is 18.3 Å². The van der Waals surface area contributed by atoms with Crippen molar-refractivity contribution in [1.82, 2.24) is 25.0 Å². The normalized spacial score (nSPS) is 11.8. The van der Waals surface area contributed by atoms with Crippen LogP contribution in [0.2, 0.25) is 0 Å². The molecule has 0 fully saturated rings. The molecule has 0 aromatic carbocycles. The zero-order chi connectivity index (χ0) is 21.0. The minimum Gasteiger partial charge on any atom is -0.377 e. The number of Topliss-reactive ketones (excluding diaryl/α,β-unsaturated/α-hetero) is 1. The van der Waals surface area contributed by atoms with E-state index >= 15 is 0 Å². The monoisotopic (exact) mass is 454 g/mol. The number of carbonyl (C=O) groups excluding carboxylic acids is 1. The highest BCUT2D eigenvalue weighted by Gasteiger charge is 2.19. The largest absolute Gasteiger partial charge is 0.377 e. The number of ether oxygens (including phenoxy) is 1. The maximum atomic E-state index is 12.7. The van der Waals surface area contributed by atoms with E-state index in [0.29, 0.717) is 16.9 Å². The Kier molecular flexibility index (Phi) is 6.46. The summed E-state index contributed by atoms with van der Waals surface area (Å²) in [4.78, 5) is 22.6. The minimum absolute atomic E-state index is 0.0113. The maximum absolute atomic E-state index is 12.7. The average Bonchev–Trinajstić information content (AvgIpc) is 3.25. The Morgan fingerprint density at radius 2 is 2.00 bits per heavy atom. The van der Waals surface area contributed by atoms with Crippen LogP contribution < -0.4 is 0 Å². The van der Waals surface area contributed by atoms with E-state index in [1.165, 1.54) is 17.2 Å². The first kappa shape index (κ1) is 20.8. The molecule has 0 radical (unpaired) electrons. The topological polar surface area (TPSA) is 107 Å².